The SMILES string of the molecule is C=C(C)N[C@H](C)C(=O)NCc1ccccc1. The van der Waals surface area contributed by atoms with Gasteiger partial charge < -0.3 is 10.6 Å². The van der Waals surface area contributed by atoms with Crippen LogP contribution in [0.3, 0.4) is 0 Å². The molecule has 2 N–H and O–H groups in total. The number of carbonyl (C=O) groups excluding carboxylic acids is 1. The van der Waals surface area contributed by atoms with Gasteiger partial charge in [0.2, 0.25) is 5.91 Å². The van der Waals surface area contributed by atoms with Gasteiger partial charge in [-0.05, 0) is 19.4 Å². The first-order valence-electron chi connectivity index (χ1n) is 5.33. The zero-order valence-corrected chi connectivity index (χ0v) is 9.79. The molecule has 0 saturated carbocycles. The van der Waals surface area contributed by atoms with Gasteiger partial charge in [-0.3, -0.25) is 4.79 Å². The highest BCUT2D eigenvalue weighted by atomic mass is 16.2. The molecule has 1 amide bonds. The monoisotopic (exact) mass is 218 g/mol. The van der Waals surface area contributed by atoms with Crippen LogP contribution in [0.5, 0.6) is 0 Å². The van der Waals surface area contributed by atoms with Crippen molar-refractivity contribution in [3.8, 4) is 0 Å². The maximum atomic E-state index is 11.6. The predicted octanol–water partition coefficient (Wildman–Crippen LogP) is 1.81. The van der Waals surface area contributed by atoms with E-state index in [1.807, 2.05) is 44.2 Å². The smallest absolute Gasteiger partial charge is 0.242 e. The van der Waals surface area contributed by atoms with E-state index in [0.29, 0.717) is 6.54 Å². The topological polar surface area (TPSA) is 41.1 Å². The van der Waals surface area contributed by atoms with E-state index in [0.717, 1.165) is 11.3 Å². The molecule has 1 aromatic rings. The van der Waals surface area contributed by atoms with E-state index in [1.54, 1.807) is 0 Å². The van der Waals surface area contributed by atoms with Gasteiger partial charge in [0.1, 0.15) is 6.04 Å². The summed E-state index contributed by atoms with van der Waals surface area (Å²) in [5.74, 6) is -0.0214. The van der Waals surface area contributed by atoms with Gasteiger partial charge in [0.05, 0.1) is 0 Å². The predicted molar refractivity (Wildman–Crippen MR) is 65.7 cm³/mol. The summed E-state index contributed by atoms with van der Waals surface area (Å²) in [7, 11) is 0. The van der Waals surface area contributed by atoms with Crippen molar-refractivity contribution in [1.29, 1.82) is 0 Å². The maximum Gasteiger partial charge on any atom is 0.242 e. The highest BCUT2D eigenvalue weighted by Gasteiger charge is 2.10. The van der Waals surface area contributed by atoms with Crippen LogP contribution < -0.4 is 10.6 Å². The molecule has 1 aromatic carbocycles. The second kappa shape index (κ2) is 5.95. The maximum absolute atomic E-state index is 11.6. The average Bonchev–Trinajstić information content (AvgIpc) is 2.26. The van der Waals surface area contributed by atoms with Crippen molar-refractivity contribution in [2.45, 2.75) is 26.4 Å². The summed E-state index contributed by atoms with van der Waals surface area (Å²) >= 11 is 0. The van der Waals surface area contributed by atoms with Crippen LogP contribution in [0.15, 0.2) is 42.6 Å². The summed E-state index contributed by atoms with van der Waals surface area (Å²) in [6.45, 7) is 7.91. The standard InChI is InChI=1S/C13H18N2O/c1-10(2)15-11(3)13(16)14-9-12-7-5-4-6-8-12/h4-8,11,15H,1,9H2,2-3H3,(H,14,16)/t11-/m1/s1. The van der Waals surface area contributed by atoms with Gasteiger partial charge in [-0.2, -0.15) is 0 Å². The number of hydrogen-bond acceptors (Lipinski definition) is 2. The molecular formula is C13H18N2O. The second-order valence-corrected chi connectivity index (χ2v) is 3.85. The van der Waals surface area contributed by atoms with Crippen LogP contribution in [0.1, 0.15) is 19.4 Å². The molecule has 86 valence electrons. The van der Waals surface area contributed by atoms with Crippen LogP contribution in [-0.2, 0) is 11.3 Å². The molecule has 0 aliphatic carbocycles. The Morgan fingerprint density at radius 2 is 2.00 bits per heavy atom. The third-order valence-electron chi connectivity index (χ3n) is 2.17. The Bertz CT molecular complexity index is 359. The third kappa shape index (κ3) is 4.17. The molecule has 0 saturated heterocycles. The Kier molecular flexibility index (Phi) is 4.58. The van der Waals surface area contributed by atoms with Gasteiger partial charge >= 0.3 is 0 Å². The van der Waals surface area contributed by atoms with Crippen LogP contribution in [0.25, 0.3) is 0 Å². The Balaban J connectivity index is 2.38. The van der Waals surface area contributed by atoms with Crippen molar-refractivity contribution in [3.63, 3.8) is 0 Å². The zero-order valence-electron chi connectivity index (χ0n) is 9.79. The molecule has 0 aliphatic rings. The van der Waals surface area contributed by atoms with Crippen LogP contribution in [0.4, 0.5) is 0 Å². The van der Waals surface area contributed by atoms with E-state index >= 15 is 0 Å². The number of benzene rings is 1. The summed E-state index contributed by atoms with van der Waals surface area (Å²) in [4.78, 5) is 11.6. The number of allylic oxidation sites excluding steroid dienone is 1. The average molecular weight is 218 g/mol. The van der Waals surface area contributed by atoms with Gasteiger partial charge in [-0.1, -0.05) is 36.9 Å². The first kappa shape index (κ1) is 12.3. The van der Waals surface area contributed by atoms with E-state index in [1.165, 1.54) is 0 Å². The lowest BCUT2D eigenvalue weighted by molar-refractivity contribution is -0.122. The fourth-order valence-corrected chi connectivity index (χ4v) is 1.37. The molecule has 16 heavy (non-hydrogen) atoms. The third-order valence-corrected chi connectivity index (χ3v) is 2.17. The summed E-state index contributed by atoms with van der Waals surface area (Å²) < 4.78 is 0. The molecule has 0 aliphatic heterocycles. The van der Waals surface area contributed by atoms with Crippen molar-refractivity contribution < 1.29 is 4.79 Å². The molecule has 0 spiro atoms. The minimum atomic E-state index is -0.249. The number of nitrogens with one attached hydrogen (secondary N) is 2. The minimum absolute atomic E-state index is 0.0214. The fraction of sp³-hybridized carbons (Fsp3) is 0.308. The molecule has 3 heteroatoms. The molecule has 0 heterocycles. The second-order valence-electron chi connectivity index (χ2n) is 3.85. The summed E-state index contributed by atoms with van der Waals surface area (Å²) in [6, 6.07) is 9.58. The number of hydrogen-bond donors (Lipinski definition) is 2. The zero-order chi connectivity index (χ0) is 12.0. The van der Waals surface area contributed by atoms with Gasteiger partial charge in [0.15, 0.2) is 0 Å². The highest BCUT2D eigenvalue weighted by molar-refractivity contribution is 5.81. The van der Waals surface area contributed by atoms with Crippen LogP contribution in [0, 0.1) is 0 Å². The summed E-state index contributed by atoms with van der Waals surface area (Å²) in [5, 5.41) is 5.83. The Morgan fingerprint density at radius 1 is 1.38 bits per heavy atom. The lowest BCUT2D eigenvalue weighted by Crippen LogP contribution is -2.40. The molecule has 0 aromatic heterocycles. The van der Waals surface area contributed by atoms with Crippen molar-refractivity contribution in [2.75, 3.05) is 0 Å². The number of rotatable bonds is 5. The Hall–Kier alpha value is -1.77. The van der Waals surface area contributed by atoms with Gasteiger partial charge in [0, 0.05) is 12.2 Å². The van der Waals surface area contributed by atoms with E-state index in [4.69, 9.17) is 0 Å². The molecular weight excluding hydrogens is 200 g/mol. The van der Waals surface area contributed by atoms with Crippen LogP contribution in [-0.4, -0.2) is 11.9 Å². The van der Waals surface area contributed by atoms with Gasteiger partial charge in [-0.15, -0.1) is 0 Å². The number of carbonyl (C=O) groups is 1. The van der Waals surface area contributed by atoms with E-state index in [9.17, 15) is 4.79 Å². The van der Waals surface area contributed by atoms with Crippen molar-refractivity contribution >= 4 is 5.91 Å². The first-order valence-corrected chi connectivity index (χ1v) is 5.33. The van der Waals surface area contributed by atoms with Crippen molar-refractivity contribution in [3.05, 3.63) is 48.2 Å². The first-order chi connectivity index (χ1) is 7.59. The van der Waals surface area contributed by atoms with E-state index < -0.39 is 0 Å². The molecule has 0 bridgehead atoms. The normalized spacial score (nSPS) is 11.6. The quantitative estimate of drug-likeness (QED) is 0.791. The molecule has 0 unspecified atom stereocenters. The summed E-state index contributed by atoms with van der Waals surface area (Å²) in [6.07, 6.45) is 0. The molecule has 3 nitrogen and oxygen atoms in total. The summed E-state index contributed by atoms with van der Waals surface area (Å²) in [5.41, 5.74) is 1.89. The molecule has 1 rings (SSSR count). The van der Waals surface area contributed by atoms with E-state index in [2.05, 4.69) is 17.2 Å². The van der Waals surface area contributed by atoms with Crippen LogP contribution >= 0.6 is 0 Å². The Labute approximate surface area is 96.6 Å². The van der Waals surface area contributed by atoms with Crippen molar-refractivity contribution in [1.82, 2.24) is 10.6 Å². The lowest BCUT2D eigenvalue weighted by Gasteiger charge is -2.14. The van der Waals surface area contributed by atoms with Crippen molar-refractivity contribution in [2.24, 2.45) is 0 Å². The minimum Gasteiger partial charge on any atom is -0.378 e. The van der Waals surface area contributed by atoms with Gasteiger partial charge in [-0.25, -0.2) is 0 Å². The molecule has 1 atom stereocenters. The van der Waals surface area contributed by atoms with E-state index in [-0.39, 0.29) is 11.9 Å². The van der Waals surface area contributed by atoms with Crippen LogP contribution in [0.2, 0.25) is 0 Å². The number of amides is 1. The lowest BCUT2D eigenvalue weighted by atomic mass is 10.2. The molecule has 0 radical (unpaired) electrons. The fourth-order valence-electron chi connectivity index (χ4n) is 1.37. The van der Waals surface area contributed by atoms with Gasteiger partial charge in [0.25, 0.3) is 0 Å². The molecule has 0 fully saturated rings. The Morgan fingerprint density at radius 3 is 2.56 bits per heavy atom. The largest absolute Gasteiger partial charge is 0.378 e. The highest BCUT2D eigenvalue weighted by Crippen LogP contribution is 1.97.